The maximum Gasteiger partial charge on any atom is 0.326 e. The van der Waals surface area contributed by atoms with Crippen molar-refractivity contribution in [1.29, 1.82) is 0 Å². The van der Waals surface area contributed by atoms with Gasteiger partial charge in [0.05, 0.1) is 18.9 Å². The number of fused-ring (bicyclic) bond motifs is 1. The molecular formula is C14H15NO6. The summed E-state index contributed by atoms with van der Waals surface area (Å²) >= 11 is 0. The molecule has 0 bridgehead atoms. The van der Waals surface area contributed by atoms with Crippen LogP contribution in [0.2, 0.25) is 0 Å². The molecular weight excluding hydrogens is 278 g/mol. The van der Waals surface area contributed by atoms with Crippen LogP contribution in [0, 0.1) is 0 Å². The van der Waals surface area contributed by atoms with Crippen molar-refractivity contribution in [2.75, 3.05) is 6.61 Å². The van der Waals surface area contributed by atoms with Crippen LogP contribution in [0.15, 0.2) is 24.3 Å². The van der Waals surface area contributed by atoms with Gasteiger partial charge in [0.1, 0.15) is 11.8 Å². The van der Waals surface area contributed by atoms with Gasteiger partial charge in [-0.2, -0.15) is 0 Å². The molecule has 2 atom stereocenters. The van der Waals surface area contributed by atoms with Crippen LogP contribution in [-0.2, 0) is 14.4 Å². The number of amides is 1. The zero-order valence-electron chi connectivity index (χ0n) is 11.1. The second kappa shape index (κ2) is 6.25. The van der Waals surface area contributed by atoms with Crippen molar-refractivity contribution in [3.63, 3.8) is 0 Å². The van der Waals surface area contributed by atoms with Gasteiger partial charge in [0.2, 0.25) is 5.91 Å². The fraction of sp³-hybridized carbons (Fsp3) is 0.357. The Bertz CT molecular complexity index is 570. The topological polar surface area (TPSA) is 113 Å². The number of nitrogens with one attached hydrogen (secondary N) is 1. The number of para-hydroxylation sites is 1. The number of rotatable bonds is 5. The Balaban J connectivity index is 2.13. The number of aliphatic carboxylic acids is 2. The highest BCUT2D eigenvalue weighted by Gasteiger charge is 2.31. The largest absolute Gasteiger partial charge is 0.493 e. The molecule has 1 amide bonds. The van der Waals surface area contributed by atoms with Gasteiger partial charge in [-0.05, 0) is 12.5 Å². The molecule has 21 heavy (non-hydrogen) atoms. The van der Waals surface area contributed by atoms with E-state index in [2.05, 4.69) is 5.32 Å². The zero-order valence-corrected chi connectivity index (χ0v) is 11.1. The molecule has 0 saturated carbocycles. The second-order valence-corrected chi connectivity index (χ2v) is 4.72. The SMILES string of the molecule is O=C(O)CC(NC(=O)C1CCOc2ccccc21)C(=O)O. The molecule has 1 heterocycles. The number of hydrogen-bond donors (Lipinski definition) is 3. The molecule has 0 spiro atoms. The average molecular weight is 293 g/mol. The van der Waals surface area contributed by atoms with E-state index in [1.54, 1.807) is 24.3 Å². The van der Waals surface area contributed by atoms with Crippen LogP contribution in [0.4, 0.5) is 0 Å². The maximum absolute atomic E-state index is 12.2. The first-order chi connectivity index (χ1) is 9.99. The maximum atomic E-state index is 12.2. The molecule has 112 valence electrons. The number of carboxylic acid groups (broad SMARTS) is 2. The van der Waals surface area contributed by atoms with E-state index in [1.807, 2.05) is 0 Å². The molecule has 2 unspecified atom stereocenters. The van der Waals surface area contributed by atoms with E-state index >= 15 is 0 Å². The van der Waals surface area contributed by atoms with Crippen LogP contribution in [-0.4, -0.2) is 40.7 Å². The molecule has 0 radical (unpaired) electrons. The summed E-state index contributed by atoms with van der Waals surface area (Å²) in [5, 5.41) is 19.9. The predicted molar refractivity (Wildman–Crippen MR) is 71.1 cm³/mol. The van der Waals surface area contributed by atoms with Gasteiger partial charge >= 0.3 is 11.9 Å². The van der Waals surface area contributed by atoms with Crippen molar-refractivity contribution in [1.82, 2.24) is 5.32 Å². The molecule has 2 rings (SSSR count). The summed E-state index contributed by atoms with van der Waals surface area (Å²) in [6.45, 7) is 0.353. The zero-order chi connectivity index (χ0) is 15.4. The van der Waals surface area contributed by atoms with Crippen LogP contribution in [0.3, 0.4) is 0 Å². The van der Waals surface area contributed by atoms with E-state index in [-0.39, 0.29) is 0 Å². The van der Waals surface area contributed by atoms with E-state index in [0.29, 0.717) is 24.3 Å². The lowest BCUT2D eigenvalue weighted by atomic mass is 9.92. The molecule has 1 aliphatic heterocycles. The van der Waals surface area contributed by atoms with Gasteiger partial charge in [-0.25, -0.2) is 4.79 Å². The standard InChI is InChI=1S/C14H15NO6/c16-12(17)7-10(14(19)20)15-13(18)9-5-6-21-11-4-2-1-3-8(9)11/h1-4,9-10H,5-7H2,(H,15,18)(H,16,17)(H,19,20). The smallest absolute Gasteiger partial charge is 0.326 e. The van der Waals surface area contributed by atoms with Gasteiger partial charge in [0.25, 0.3) is 0 Å². The highest BCUT2D eigenvalue weighted by atomic mass is 16.5. The summed E-state index contributed by atoms with van der Waals surface area (Å²) < 4.78 is 5.43. The van der Waals surface area contributed by atoms with Crippen molar-refractivity contribution in [3.8, 4) is 5.75 Å². The molecule has 0 fully saturated rings. The number of benzene rings is 1. The lowest BCUT2D eigenvalue weighted by molar-refractivity contribution is -0.147. The van der Waals surface area contributed by atoms with E-state index < -0.39 is 36.2 Å². The van der Waals surface area contributed by atoms with Crippen molar-refractivity contribution in [3.05, 3.63) is 29.8 Å². The summed E-state index contributed by atoms with van der Waals surface area (Å²) in [5.74, 6) is -3.10. The Morgan fingerprint density at radius 2 is 2.00 bits per heavy atom. The van der Waals surface area contributed by atoms with Crippen LogP contribution < -0.4 is 10.1 Å². The lowest BCUT2D eigenvalue weighted by Crippen LogP contribution is -2.45. The molecule has 3 N–H and O–H groups in total. The first kappa shape index (κ1) is 14.8. The molecule has 1 aliphatic rings. The van der Waals surface area contributed by atoms with Crippen LogP contribution >= 0.6 is 0 Å². The second-order valence-electron chi connectivity index (χ2n) is 4.72. The minimum absolute atomic E-state index is 0.353. The van der Waals surface area contributed by atoms with Gasteiger partial charge in [-0.3, -0.25) is 9.59 Å². The minimum Gasteiger partial charge on any atom is -0.493 e. The van der Waals surface area contributed by atoms with Crippen LogP contribution in [0.1, 0.15) is 24.3 Å². The Labute approximate surface area is 120 Å². The minimum atomic E-state index is -1.44. The monoisotopic (exact) mass is 293 g/mol. The number of carbonyl (C=O) groups is 3. The third-order valence-electron chi connectivity index (χ3n) is 3.27. The number of hydrogen-bond acceptors (Lipinski definition) is 4. The first-order valence-electron chi connectivity index (χ1n) is 6.45. The predicted octanol–water partition coefficient (Wildman–Crippen LogP) is 0.597. The lowest BCUT2D eigenvalue weighted by Gasteiger charge is -2.26. The fourth-order valence-corrected chi connectivity index (χ4v) is 2.26. The summed E-state index contributed by atoms with van der Waals surface area (Å²) in [6.07, 6.45) is -0.242. The van der Waals surface area contributed by atoms with Crippen molar-refractivity contribution in [2.24, 2.45) is 0 Å². The Morgan fingerprint density at radius 3 is 2.67 bits per heavy atom. The summed E-state index contributed by atoms with van der Waals surface area (Å²) in [5.41, 5.74) is 0.681. The van der Waals surface area contributed by atoms with Gasteiger partial charge in [-0.15, -0.1) is 0 Å². The quantitative estimate of drug-likeness (QED) is 0.732. The third-order valence-corrected chi connectivity index (χ3v) is 3.27. The van der Waals surface area contributed by atoms with E-state index in [0.717, 1.165) is 0 Å². The molecule has 0 saturated heterocycles. The average Bonchev–Trinajstić information content (AvgIpc) is 2.45. The number of carboxylic acids is 2. The van der Waals surface area contributed by atoms with Gasteiger partial charge < -0.3 is 20.3 Å². The summed E-state index contributed by atoms with van der Waals surface area (Å²) in [6, 6.07) is 5.58. The number of carbonyl (C=O) groups excluding carboxylic acids is 1. The molecule has 7 heteroatoms. The summed E-state index contributed by atoms with van der Waals surface area (Å²) in [7, 11) is 0. The Kier molecular flexibility index (Phi) is 4.42. The summed E-state index contributed by atoms with van der Waals surface area (Å²) in [4.78, 5) is 33.9. The highest BCUT2D eigenvalue weighted by Crippen LogP contribution is 2.33. The van der Waals surface area contributed by atoms with E-state index in [9.17, 15) is 14.4 Å². The van der Waals surface area contributed by atoms with E-state index in [1.165, 1.54) is 0 Å². The number of ether oxygens (including phenoxy) is 1. The van der Waals surface area contributed by atoms with Gasteiger partial charge in [0, 0.05) is 5.56 Å². The van der Waals surface area contributed by atoms with Crippen LogP contribution in [0.5, 0.6) is 5.75 Å². The molecule has 0 aromatic heterocycles. The van der Waals surface area contributed by atoms with Crippen molar-refractivity contribution < 1.29 is 29.3 Å². The fourth-order valence-electron chi connectivity index (χ4n) is 2.26. The van der Waals surface area contributed by atoms with Crippen molar-refractivity contribution in [2.45, 2.75) is 24.8 Å². The Hall–Kier alpha value is -2.57. The Morgan fingerprint density at radius 1 is 1.29 bits per heavy atom. The first-order valence-corrected chi connectivity index (χ1v) is 6.45. The van der Waals surface area contributed by atoms with Gasteiger partial charge in [0.15, 0.2) is 0 Å². The van der Waals surface area contributed by atoms with Crippen molar-refractivity contribution >= 4 is 17.8 Å². The molecule has 1 aromatic carbocycles. The van der Waals surface area contributed by atoms with Gasteiger partial charge in [-0.1, -0.05) is 18.2 Å². The molecule has 7 nitrogen and oxygen atoms in total. The van der Waals surface area contributed by atoms with E-state index in [4.69, 9.17) is 14.9 Å². The molecule has 1 aromatic rings. The highest BCUT2D eigenvalue weighted by molar-refractivity contribution is 5.90. The molecule has 0 aliphatic carbocycles. The normalized spacial score (nSPS) is 18.0. The van der Waals surface area contributed by atoms with Crippen LogP contribution in [0.25, 0.3) is 0 Å². The third kappa shape index (κ3) is 3.50.